The van der Waals surface area contributed by atoms with Gasteiger partial charge in [0.1, 0.15) is 11.8 Å². The van der Waals surface area contributed by atoms with E-state index in [4.69, 9.17) is 4.74 Å². The molecule has 192 valence electrons. The van der Waals surface area contributed by atoms with Crippen molar-refractivity contribution in [1.82, 2.24) is 4.90 Å². The first-order chi connectivity index (χ1) is 16.9. The Hall–Kier alpha value is -1.90. The van der Waals surface area contributed by atoms with E-state index in [1.54, 1.807) is 0 Å². The summed E-state index contributed by atoms with van der Waals surface area (Å²) >= 11 is 0. The molecule has 10 rings (SSSR count). The molecule has 2 spiro atoms. The number of aliphatic hydroxyl groups is 2. The second-order valence-electron chi connectivity index (χ2n) is 13.1. The van der Waals surface area contributed by atoms with E-state index < -0.39 is 41.1 Å². The molecule has 1 aromatic rings. The smallest absolute Gasteiger partial charge is 0.416 e. The molecule has 3 aliphatic heterocycles. The second kappa shape index (κ2) is 6.05. The number of halogens is 3. The highest BCUT2D eigenvalue weighted by atomic mass is 19.4. The van der Waals surface area contributed by atoms with Crippen molar-refractivity contribution in [1.29, 1.82) is 0 Å². The molecule has 3 heterocycles. The Morgan fingerprint density at radius 1 is 1.19 bits per heavy atom. The lowest BCUT2D eigenvalue weighted by molar-refractivity contribution is -0.271. The molecule has 9 fully saturated rings. The molecule has 12 atom stereocenters. The number of hydrogen-bond acceptors (Lipinski definition) is 5. The van der Waals surface area contributed by atoms with Crippen molar-refractivity contribution >= 4 is 5.97 Å². The molecule has 36 heavy (non-hydrogen) atoms. The number of esters is 1. The molecule has 1 aromatic carbocycles. The van der Waals surface area contributed by atoms with Crippen molar-refractivity contribution in [2.45, 2.75) is 69.2 Å². The van der Waals surface area contributed by atoms with Crippen molar-refractivity contribution < 1.29 is 32.9 Å². The summed E-state index contributed by atoms with van der Waals surface area (Å²) in [6, 6.07) is 4.34. The van der Waals surface area contributed by atoms with Gasteiger partial charge in [0.15, 0.2) is 0 Å². The quantitative estimate of drug-likeness (QED) is 0.474. The molecule has 0 aromatic heterocycles. The molecule has 2 unspecified atom stereocenters. The molecular weight excluding hydrogens is 471 g/mol. The number of piperidine rings is 2. The van der Waals surface area contributed by atoms with Gasteiger partial charge in [-0.1, -0.05) is 19.9 Å². The van der Waals surface area contributed by atoms with Crippen LogP contribution in [0, 0.1) is 39.9 Å². The van der Waals surface area contributed by atoms with Crippen LogP contribution in [-0.4, -0.2) is 51.6 Å². The minimum atomic E-state index is -4.48. The maximum absolute atomic E-state index is 13.3. The summed E-state index contributed by atoms with van der Waals surface area (Å²) in [5.41, 5.74) is -1.80. The summed E-state index contributed by atoms with van der Waals surface area (Å²) in [7, 11) is 0. The molecule has 2 N–H and O–H groups in total. The molecule has 8 heteroatoms. The van der Waals surface area contributed by atoms with Gasteiger partial charge < -0.3 is 14.9 Å². The summed E-state index contributed by atoms with van der Waals surface area (Å²) in [5, 5.41) is 23.8. The Morgan fingerprint density at radius 3 is 2.61 bits per heavy atom. The van der Waals surface area contributed by atoms with Crippen LogP contribution in [0.25, 0.3) is 0 Å². The van der Waals surface area contributed by atoms with Gasteiger partial charge in [-0.05, 0) is 66.9 Å². The third-order valence-electron chi connectivity index (χ3n) is 12.0. The summed E-state index contributed by atoms with van der Waals surface area (Å²) in [4.78, 5) is 15.7. The number of hydrogen-bond donors (Lipinski definition) is 2. The molecule has 0 amide bonds. The van der Waals surface area contributed by atoms with E-state index in [-0.39, 0.29) is 46.1 Å². The molecule has 0 radical (unpaired) electrons. The minimum Gasteiger partial charge on any atom is -0.458 e. The fourth-order valence-electron chi connectivity index (χ4n) is 11.7. The van der Waals surface area contributed by atoms with Crippen LogP contribution in [0.3, 0.4) is 0 Å². The van der Waals surface area contributed by atoms with Crippen molar-refractivity contribution in [2.24, 2.45) is 39.9 Å². The van der Waals surface area contributed by atoms with Gasteiger partial charge in [0.25, 0.3) is 0 Å². The first-order valence-corrected chi connectivity index (χ1v) is 13.1. The number of rotatable bonds is 2. The lowest BCUT2D eigenvalue weighted by Crippen LogP contribution is -2.72. The highest BCUT2D eigenvalue weighted by molar-refractivity contribution is 5.89. The SMILES string of the molecule is C=C1[C@H]2C[C@@H]3C4N5C[C@]6(C)CCC[C@@]47[C@@H]6[C@@]5(O)C[C@]3([C@@H]1O)[C@H]7[C@H]2OC(=O)c1ccc(C(F)(F)F)cc1. The minimum absolute atomic E-state index is 0.00815. The van der Waals surface area contributed by atoms with Crippen LogP contribution in [0.5, 0.6) is 0 Å². The largest absolute Gasteiger partial charge is 0.458 e. The van der Waals surface area contributed by atoms with Crippen LogP contribution in [0.4, 0.5) is 13.2 Å². The third-order valence-corrected chi connectivity index (χ3v) is 12.0. The van der Waals surface area contributed by atoms with Gasteiger partial charge >= 0.3 is 12.1 Å². The van der Waals surface area contributed by atoms with Crippen LogP contribution in [0.2, 0.25) is 0 Å². The molecular formula is C28H30F3NO4. The normalized spacial score (nSPS) is 54.9. The summed E-state index contributed by atoms with van der Waals surface area (Å²) < 4.78 is 45.3. The number of nitrogens with zero attached hydrogens (tertiary/aromatic N) is 1. The molecule has 5 nitrogen and oxygen atoms in total. The van der Waals surface area contributed by atoms with Crippen LogP contribution in [0.15, 0.2) is 36.4 Å². The van der Waals surface area contributed by atoms with Gasteiger partial charge in [0, 0.05) is 41.2 Å². The van der Waals surface area contributed by atoms with E-state index in [2.05, 4.69) is 18.4 Å². The van der Waals surface area contributed by atoms with E-state index in [9.17, 15) is 28.2 Å². The average Bonchev–Trinajstić information content (AvgIpc) is 3.18. The van der Waals surface area contributed by atoms with Gasteiger partial charge in [-0.25, -0.2) is 4.79 Å². The molecule has 6 aliphatic carbocycles. The Morgan fingerprint density at radius 2 is 1.92 bits per heavy atom. The van der Waals surface area contributed by atoms with E-state index in [0.717, 1.165) is 44.4 Å². The van der Waals surface area contributed by atoms with Crippen molar-refractivity contribution in [2.75, 3.05) is 6.54 Å². The number of fused-ring (bicyclic) bond motifs is 1. The summed E-state index contributed by atoms with van der Waals surface area (Å²) in [5.74, 6) is -0.609. The number of alkyl halides is 3. The lowest BCUT2D eigenvalue weighted by atomic mass is 9.39. The predicted molar refractivity (Wildman–Crippen MR) is 121 cm³/mol. The fourth-order valence-corrected chi connectivity index (χ4v) is 11.7. The Kier molecular flexibility index (Phi) is 3.72. The van der Waals surface area contributed by atoms with Crippen molar-refractivity contribution in [3.63, 3.8) is 0 Å². The zero-order valence-electron chi connectivity index (χ0n) is 20.1. The first-order valence-electron chi connectivity index (χ1n) is 13.1. The predicted octanol–water partition coefficient (Wildman–Crippen LogP) is 4.00. The van der Waals surface area contributed by atoms with E-state index >= 15 is 0 Å². The number of aliphatic hydroxyl groups excluding tert-OH is 1. The first kappa shape index (κ1) is 22.1. The van der Waals surface area contributed by atoms with Crippen molar-refractivity contribution in [3.8, 4) is 0 Å². The zero-order valence-corrected chi connectivity index (χ0v) is 20.1. The monoisotopic (exact) mass is 501 g/mol. The van der Waals surface area contributed by atoms with Gasteiger partial charge in [0.05, 0.1) is 17.2 Å². The van der Waals surface area contributed by atoms with E-state index in [0.29, 0.717) is 12.0 Å². The second-order valence-corrected chi connectivity index (χ2v) is 13.1. The average molecular weight is 502 g/mol. The summed E-state index contributed by atoms with van der Waals surface area (Å²) in [6.45, 7) is 7.39. The van der Waals surface area contributed by atoms with Gasteiger partial charge in [-0.2, -0.15) is 13.2 Å². The van der Waals surface area contributed by atoms with Gasteiger partial charge in [-0.3, -0.25) is 4.90 Å². The van der Waals surface area contributed by atoms with Gasteiger partial charge in [-0.15, -0.1) is 0 Å². The molecule has 6 saturated carbocycles. The van der Waals surface area contributed by atoms with Crippen LogP contribution >= 0.6 is 0 Å². The summed E-state index contributed by atoms with van der Waals surface area (Å²) in [6.07, 6.45) is -1.43. The highest BCUT2D eigenvalue weighted by Gasteiger charge is 2.93. The highest BCUT2D eigenvalue weighted by Crippen LogP contribution is 2.89. The topological polar surface area (TPSA) is 70.0 Å². The van der Waals surface area contributed by atoms with Crippen LogP contribution in [0.1, 0.15) is 54.9 Å². The number of carbonyl (C=O) groups is 1. The molecule has 3 saturated heterocycles. The van der Waals surface area contributed by atoms with E-state index in [1.165, 1.54) is 12.1 Å². The molecule has 9 aliphatic rings. The van der Waals surface area contributed by atoms with Crippen LogP contribution < -0.4 is 0 Å². The maximum Gasteiger partial charge on any atom is 0.416 e. The fraction of sp³-hybridized carbons (Fsp3) is 0.679. The van der Waals surface area contributed by atoms with Crippen molar-refractivity contribution in [3.05, 3.63) is 47.5 Å². The number of benzene rings is 1. The third kappa shape index (κ3) is 2.05. The van der Waals surface area contributed by atoms with Gasteiger partial charge in [0.2, 0.25) is 0 Å². The van der Waals surface area contributed by atoms with Crippen LogP contribution in [-0.2, 0) is 10.9 Å². The van der Waals surface area contributed by atoms with E-state index in [1.807, 2.05) is 0 Å². The number of carbonyl (C=O) groups excluding carboxylic acids is 1. The number of ether oxygens (including phenoxy) is 1. The Bertz CT molecular complexity index is 1230. The lowest BCUT2D eigenvalue weighted by Gasteiger charge is -2.67. The zero-order chi connectivity index (χ0) is 25.2. The molecule has 9 bridgehead atoms. The Labute approximate surface area is 207 Å². The standard InChI is InChI=1S/C28H30F3NO4/c1-13-16-10-17-20-25-9-3-8-24(2)12-32(20)27(35,23(24)25)11-26(17,21(13)33)19(25)18(16)36-22(34)14-4-6-15(7-5-14)28(29,30)31/h4-7,16-21,23,33,35H,1,3,8-12H2,2H3/t16-,17-,18+,19+,20?,21-,23-,24+,25+,26-,27+/m1/s1. The maximum atomic E-state index is 13.3. The Balaban J connectivity index is 1.23.